The van der Waals surface area contributed by atoms with E-state index in [0.717, 1.165) is 41.4 Å². The summed E-state index contributed by atoms with van der Waals surface area (Å²) in [6.07, 6.45) is -10.7. The summed E-state index contributed by atoms with van der Waals surface area (Å²) in [4.78, 5) is 24.9. The number of aromatic nitrogens is 6. The summed E-state index contributed by atoms with van der Waals surface area (Å²) in [5, 5.41) is 37.4. The summed E-state index contributed by atoms with van der Waals surface area (Å²) in [6, 6.07) is 32.2. The van der Waals surface area contributed by atoms with Crippen LogP contribution in [0, 0.1) is 0 Å². The quantitative estimate of drug-likeness (QED) is 0.0811. The highest BCUT2D eigenvalue weighted by atomic mass is 79.9. The molecule has 0 aliphatic carbocycles. The van der Waals surface area contributed by atoms with Gasteiger partial charge in [-0.1, -0.05) is 116 Å². The van der Waals surface area contributed by atoms with Crippen molar-refractivity contribution in [3.63, 3.8) is 0 Å². The van der Waals surface area contributed by atoms with Crippen molar-refractivity contribution < 1.29 is 55.6 Å². The summed E-state index contributed by atoms with van der Waals surface area (Å²) in [5.74, 6) is -1.94. The zero-order valence-corrected chi connectivity index (χ0v) is 36.3. The lowest BCUT2D eigenvalue weighted by Crippen LogP contribution is -2.20. The number of phenolic OH excluding ortho intramolecular Hbond substituents is 1. The van der Waals surface area contributed by atoms with Crippen LogP contribution in [0.15, 0.2) is 133 Å². The monoisotopic (exact) mass is 1050 g/mol. The van der Waals surface area contributed by atoms with Gasteiger partial charge in [0.1, 0.15) is 49.8 Å². The number of esters is 1. The highest BCUT2D eigenvalue weighted by Crippen LogP contribution is 2.35. The highest BCUT2D eigenvalue weighted by molar-refractivity contribution is 9.09. The number of fused-ring (bicyclic) bond motifs is 2. The average Bonchev–Trinajstić information content (AvgIpc) is 3.91. The summed E-state index contributed by atoms with van der Waals surface area (Å²) in [7, 11) is 0. The lowest BCUT2D eigenvalue weighted by molar-refractivity contribution is -0.146. The number of hydrogen-bond acceptors (Lipinski definition) is 9. The van der Waals surface area contributed by atoms with Gasteiger partial charge in [0.05, 0.1) is 17.7 Å². The van der Waals surface area contributed by atoms with Gasteiger partial charge in [-0.05, 0) is 91.3 Å². The van der Waals surface area contributed by atoms with Gasteiger partial charge in [0.2, 0.25) is 6.10 Å². The van der Waals surface area contributed by atoms with Crippen molar-refractivity contribution in [2.75, 3.05) is 6.61 Å². The maximum absolute atomic E-state index is 13.1. The Morgan fingerprint density at radius 3 is 1.51 bits per heavy atom. The van der Waals surface area contributed by atoms with E-state index >= 15 is 0 Å². The van der Waals surface area contributed by atoms with Crippen LogP contribution in [0.5, 0.6) is 11.5 Å². The first-order valence-corrected chi connectivity index (χ1v) is 20.5. The van der Waals surface area contributed by atoms with E-state index < -0.39 is 46.3 Å². The summed E-state index contributed by atoms with van der Waals surface area (Å²) < 4.78 is 86.9. The number of phenols is 1. The molecule has 0 fully saturated rings. The molecule has 0 saturated heterocycles. The van der Waals surface area contributed by atoms with Gasteiger partial charge < -0.3 is 19.7 Å². The number of alkyl halides is 7. The number of carbonyl (C=O) groups excluding carboxylic acids is 1. The van der Waals surface area contributed by atoms with Gasteiger partial charge in [-0.15, -0.1) is 30.0 Å². The molecule has 2 aromatic heterocycles. The highest BCUT2D eigenvalue weighted by Gasteiger charge is 2.33. The van der Waals surface area contributed by atoms with E-state index in [1.165, 1.54) is 52.1 Å². The SMILES string of the molecule is C.C.C.CCOC(=O)C(Br)c1cccc(C(F)(F)F)c1.O=C(O)C(Oc1ccc(Cl)cc1-n1nc2ccccc2n1)c1cccc(C(F)(F)F)c1.Oc1ccc(Cl)cc1-n1nc2ccccc2n1. The minimum atomic E-state index is -4.62. The molecule has 2 N–H and O–H groups in total. The molecule has 0 aliphatic rings. The van der Waals surface area contributed by atoms with Crippen LogP contribution in [-0.4, -0.2) is 58.7 Å². The average molecular weight is 1050 g/mol. The maximum atomic E-state index is 13.1. The zero-order chi connectivity index (χ0) is 47.1. The molecular formula is C47H43BrCl2F6N6O6. The molecule has 0 bridgehead atoms. The van der Waals surface area contributed by atoms with Crippen molar-refractivity contribution in [3.8, 4) is 22.9 Å². The number of carbonyl (C=O) groups is 2. The number of aromatic hydroxyl groups is 1. The van der Waals surface area contributed by atoms with Gasteiger partial charge in [-0.3, -0.25) is 4.79 Å². The van der Waals surface area contributed by atoms with E-state index in [0.29, 0.717) is 26.8 Å². The van der Waals surface area contributed by atoms with Crippen LogP contribution in [0.25, 0.3) is 33.4 Å². The number of carboxylic acid groups (broad SMARTS) is 1. The van der Waals surface area contributed by atoms with Gasteiger partial charge in [0.15, 0.2) is 0 Å². The van der Waals surface area contributed by atoms with Crippen molar-refractivity contribution in [2.24, 2.45) is 0 Å². The van der Waals surface area contributed by atoms with Crippen LogP contribution in [-0.2, 0) is 26.7 Å². The first-order chi connectivity index (χ1) is 30.8. The predicted octanol–water partition coefficient (Wildman–Crippen LogP) is 13.7. The van der Waals surface area contributed by atoms with Crippen molar-refractivity contribution >= 4 is 73.1 Å². The Labute approximate surface area is 404 Å². The van der Waals surface area contributed by atoms with Crippen LogP contribution in [0.3, 0.4) is 0 Å². The number of ether oxygens (including phenoxy) is 2. The van der Waals surface area contributed by atoms with Crippen molar-refractivity contribution in [1.29, 1.82) is 0 Å². The van der Waals surface area contributed by atoms with Crippen molar-refractivity contribution in [2.45, 2.75) is 52.5 Å². The largest absolute Gasteiger partial charge is 0.506 e. The molecule has 0 spiro atoms. The van der Waals surface area contributed by atoms with Gasteiger partial charge in [-0.2, -0.15) is 26.3 Å². The number of hydrogen-bond donors (Lipinski definition) is 2. The molecular weight excluding hydrogens is 1010 g/mol. The molecule has 68 heavy (non-hydrogen) atoms. The molecule has 2 atom stereocenters. The van der Waals surface area contributed by atoms with Gasteiger partial charge >= 0.3 is 24.3 Å². The lowest BCUT2D eigenvalue weighted by atomic mass is 10.1. The third-order valence-electron chi connectivity index (χ3n) is 8.85. The molecule has 0 aliphatic heterocycles. The molecule has 6 aromatic carbocycles. The molecule has 8 aromatic rings. The molecule has 8 rings (SSSR count). The predicted molar refractivity (Wildman–Crippen MR) is 252 cm³/mol. The first kappa shape index (κ1) is 55.6. The minimum absolute atomic E-state index is 0. The normalized spacial score (nSPS) is 11.8. The van der Waals surface area contributed by atoms with Gasteiger partial charge in [0.25, 0.3) is 0 Å². The van der Waals surface area contributed by atoms with Crippen LogP contribution in [0.1, 0.15) is 62.4 Å². The molecule has 2 unspecified atom stereocenters. The van der Waals surface area contributed by atoms with E-state index in [2.05, 4.69) is 36.3 Å². The van der Waals surface area contributed by atoms with Crippen LogP contribution in [0.4, 0.5) is 26.3 Å². The zero-order valence-electron chi connectivity index (χ0n) is 33.2. The Morgan fingerprint density at radius 2 is 1.06 bits per heavy atom. The number of nitrogens with zero attached hydrogens (tertiary/aromatic N) is 6. The second kappa shape index (κ2) is 23.8. The number of benzene rings is 6. The van der Waals surface area contributed by atoms with E-state index in [1.807, 2.05) is 24.3 Å². The number of aliphatic carboxylic acids is 1. The Hall–Kier alpha value is -6.70. The second-order valence-electron chi connectivity index (χ2n) is 13.4. The fourth-order valence-electron chi connectivity index (χ4n) is 5.83. The van der Waals surface area contributed by atoms with E-state index in [4.69, 9.17) is 32.7 Å². The Bertz CT molecular complexity index is 2900. The molecule has 0 amide bonds. The topological polar surface area (TPSA) is 154 Å². The summed E-state index contributed by atoms with van der Waals surface area (Å²) >= 11 is 15.0. The maximum Gasteiger partial charge on any atom is 0.416 e. The summed E-state index contributed by atoms with van der Waals surface area (Å²) in [6.45, 7) is 1.81. The molecule has 12 nitrogen and oxygen atoms in total. The van der Waals surface area contributed by atoms with E-state index in [-0.39, 0.29) is 57.2 Å². The van der Waals surface area contributed by atoms with Crippen LogP contribution < -0.4 is 4.74 Å². The smallest absolute Gasteiger partial charge is 0.416 e. The lowest BCUT2D eigenvalue weighted by Gasteiger charge is -2.19. The third kappa shape index (κ3) is 13.9. The van der Waals surface area contributed by atoms with E-state index in [1.54, 1.807) is 43.3 Å². The molecule has 0 radical (unpaired) electrons. The fraction of sp³-hybridized carbons (Fsp3) is 0.191. The van der Waals surface area contributed by atoms with Gasteiger partial charge in [-0.25, -0.2) is 4.79 Å². The third-order valence-corrected chi connectivity index (χ3v) is 10.2. The molecule has 2 heterocycles. The van der Waals surface area contributed by atoms with Crippen molar-refractivity contribution in [3.05, 3.63) is 166 Å². The first-order valence-electron chi connectivity index (χ1n) is 18.8. The molecule has 360 valence electrons. The summed E-state index contributed by atoms with van der Waals surface area (Å²) in [5.41, 5.74) is 1.71. The number of carboxylic acids is 1. The van der Waals surface area contributed by atoms with Crippen LogP contribution >= 0.6 is 39.1 Å². The Kier molecular flexibility index (Phi) is 19.5. The van der Waals surface area contributed by atoms with E-state index in [9.17, 15) is 46.1 Å². The van der Waals surface area contributed by atoms with Crippen LogP contribution in [0.2, 0.25) is 10.0 Å². The fourth-order valence-corrected chi connectivity index (χ4v) is 6.58. The van der Waals surface area contributed by atoms with Crippen molar-refractivity contribution in [1.82, 2.24) is 30.0 Å². The standard InChI is InChI=1S/C21H13ClF3N3O3.C12H8ClN3O.C11H10BrF3O2.3CH4/c22-14-8-9-18(17(11-14)28-26-15-6-1-2-7-16(15)27-28)31-19(20(29)30)12-4-3-5-13(10-12)21(23,24)25;13-8-5-6-12(17)11(7-8)16-14-9-3-1-2-4-10(9)15-16;1-2-17-10(16)9(12)7-4-3-5-8(6-7)11(13,14)15;;;/h1-11,19H,(H,29,30);1-7,17H;3-6,9H,2H2,1H3;3*1H4. The number of halogens is 9. The molecule has 0 saturated carbocycles. The van der Waals surface area contributed by atoms with Gasteiger partial charge in [0, 0.05) is 15.6 Å². The Morgan fingerprint density at radius 1 is 0.632 bits per heavy atom. The molecule has 21 heteroatoms. The number of rotatable bonds is 9. The second-order valence-corrected chi connectivity index (χ2v) is 15.2. The Balaban J connectivity index is 0.000000284. The minimum Gasteiger partial charge on any atom is -0.506 e.